The number of likely N-dealkylation sites (tertiary alicyclic amines) is 1. The molecule has 0 aliphatic carbocycles. The summed E-state index contributed by atoms with van der Waals surface area (Å²) in [6.45, 7) is 5.01. The number of thiophene rings is 1. The van der Waals surface area contributed by atoms with Gasteiger partial charge in [-0.05, 0) is 48.8 Å². The molecule has 1 fully saturated rings. The van der Waals surface area contributed by atoms with Crippen LogP contribution in [0.25, 0.3) is 28.2 Å². The van der Waals surface area contributed by atoms with Gasteiger partial charge in [0.1, 0.15) is 18.1 Å². The number of carbonyl (C=O) groups excluding carboxylic acids is 1. The van der Waals surface area contributed by atoms with Gasteiger partial charge in [-0.1, -0.05) is 13.8 Å². The molecule has 1 unspecified atom stereocenters. The number of hydrogen-bond donors (Lipinski definition) is 1. The van der Waals surface area contributed by atoms with Crippen molar-refractivity contribution in [3.05, 3.63) is 52.5 Å². The number of benzene rings is 1. The van der Waals surface area contributed by atoms with Crippen molar-refractivity contribution in [2.75, 3.05) is 20.3 Å². The summed E-state index contributed by atoms with van der Waals surface area (Å²) in [7, 11) is 3.51. The van der Waals surface area contributed by atoms with Crippen molar-refractivity contribution in [2.24, 2.45) is 13.0 Å². The quantitative estimate of drug-likeness (QED) is 0.353. The van der Waals surface area contributed by atoms with E-state index in [0.29, 0.717) is 29.7 Å². The lowest BCUT2D eigenvalue weighted by Gasteiger charge is -2.38. The minimum Gasteiger partial charge on any atom is -0.496 e. The number of hydrogen-bond acceptors (Lipinski definition) is 7. The van der Waals surface area contributed by atoms with Crippen molar-refractivity contribution in [1.82, 2.24) is 24.5 Å². The third kappa shape index (κ3) is 4.22. The first-order valence-corrected chi connectivity index (χ1v) is 14.2. The van der Waals surface area contributed by atoms with Crippen LogP contribution >= 0.6 is 11.3 Å². The Morgan fingerprint density at radius 2 is 2.10 bits per heavy atom. The summed E-state index contributed by atoms with van der Waals surface area (Å²) in [4.78, 5) is 16.1. The van der Waals surface area contributed by atoms with E-state index in [1.54, 1.807) is 23.1 Å². The molecule has 0 bridgehead atoms. The van der Waals surface area contributed by atoms with Crippen LogP contribution in [0.15, 0.2) is 41.2 Å². The smallest absolute Gasteiger partial charge is 0.275 e. The number of carbonyl (C=O) groups is 1. The third-order valence-electron chi connectivity index (χ3n) is 7.78. The fourth-order valence-corrected chi connectivity index (χ4v) is 6.74. The number of aryl methyl sites for hydroxylation is 1. The van der Waals surface area contributed by atoms with E-state index in [0.717, 1.165) is 53.0 Å². The predicted octanol–water partition coefficient (Wildman–Crippen LogP) is 4.92. The number of amides is 1. The molecule has 39 heavy (non-hydrogen) atoms. The number of nitrogens with zero attached hydrogens (tertiary/aromatic N) is 5. The molecule has 1 saturated heterocycles. The van der Waals surface area contributed by atoms with Crippen LogP contribution in [-0.2, 0) is 13.7 Å². The summed E-state index contributed by atoms with van der Waals surface area (Å²) >= 11 is 1.58. The zero-order valence-electron chi connectivity index (χ0n) is 22.7. The Balaban J connectivity index is 1.52. The summed E-state index contributed by atoms with van der Waals surface area (Å²) in [6.07, 6.45) is 4.28. The number of rotatable bonds is 7. The molecule has 1 aromatic carbocycles. The fourth-order valence-electron chi connectivity index (χ4n) is 6.13. The maximum absolute atomic E-state index is 14.2. The second kappa shape index (κ2) is 9.84. The van der Waals surface area contributed by atoms with Gasteiger partial charge in [0.2, 0.25) is 0 Å². The van der Waals surface area contributed by atoms with Gasteiger partial charge in [0.15, 0.2) is 5.69 Å². The first kappa shape index (κ1) is 25.6. The average Bonchev–Trinajstić information content (AvgIpc) is 3.73. The van der Waals surface area contributed by atoms with Crippen LogP contribution in [-0.4, -0.2) is 61.3 Å². The lowest BCUT2D eigenvalue weighted by molar-refractivity contribution is 0.0325. The van der Waals surface area contributed by atoms with Crippen LogP contribution in [0.4, 0.5) is 0 Å². The van der Waals surface area contributed by atoms with Gasteiger partial charge >= 0.3 is 0 Å². The molecule has 1 N–H and O–H groups in total. The Kier molecular flexibility index (Phi) is 6.47. The van der Waals surface area contributed by atoms with E-state index in [1.807, 2.05) is 57.9 Å². The molecule has 0 saturated carbocycles. The van der Waals surface area contributed by atoms with Crippen molar-refractivity contribution in [3.63, 3.8) is 0 Å². The van der Waals surface area contributed by atoms with Crippen molar-refractivity contribution in [2.45, 2.75) is 45.3 Å². The lowest BCUT2D eigenvalue weighted by atomic mass is 9.86. The van der Waals surface area contributed by atoms with Crippen molar-refractivity contribution < 1.29 is 19.4 Å². The standard InChI is InChI=1S/C29H33N5O4S/c1-18(2)14-29(17-35)8-5-9-33(29)28(36)26-22-15-38-25-13-24(37-4)20(23-6-10-32(3)30-23)12-21(25)27(22)34(31-26)19-7-11-39-16-19/h6-7,10-13,16,18,35H,5,8-9,14-15,17H2,1-4H3. The Labute approximate surface area is 231 Å². The van der Waals surface area contributed by atoms with Crippen molar-refractivity contribution >= 4 is 17.2 Å². The van der Waals surface area contributed by atoms with E-state index in [4.69, 9.17) is 14.6 Å². The molecule has 5 heterocycles. The zero-order chi connectivity index (χ0) is 27.3. The highest BCUT2D eigenvalue weighted by Crippen LogP contribution is 2.46. The predicted molar refractivity (Wildman–Crippen MR) is 150 cm³/mol. The summed E-state index contributed by atoms with van der Waals surface area (Å²) in [5.74, 6) is 1.52. The van der Waals surface area contributed by atoms with Crippen LogP contribution in [0.2, 0.25) is 0 Å². The average molecular weight is 548 g/mol. The highest BCUT2D eigenvalue weighted by atomic mass is 32.1. The molecule has 6 rings (SSSR count). The summed E-state index contributed by atoms with van der Waals surface area (Å²) < 4.78 is 15.6. The van der Waals surface area contributed by atoms with E-state index in [-0.39, 0.29) is 19.1 Å². The lowest BCUT2D eigenvalue weighted by Crippen LogP contribution is -2.51. The van der Waals surface area contributed by atoms with Crippen LogP contribution in [0.5, 0.6) is 11.5 Å². The molecule has 2 aliphatic heterocycles. The summed E-state index contributed by atoms with van der Waals surface area (Å²) in [5, 5.41) is 24.0. The second-order valence-corrected chi connectivity index (χ2v) is 11.6. The Morgan fingerprint density at radius 1 is 1.26 bits per heavy atom. The largest absolute Gasteiger partial charge is 0.496 e. The van der Waals surface area contributed by atoms with Crippen LogP contribution in [0.1, 0.15) is 49.2 Å². The number of ether oxygens (including phenoxy) is 2. The molecule has 3 aromatic heterocycles. The Morgan fingerprint density at radius 3 is 2.77 bits per heavy atom. The minimum atomic E-state index is -0.572. The highest BCUT2D eigenvalue weighted by molar-refractivity contribution is 7.08. The normalized spacial score (nSPS) is 18.3. The molecular weight excluding hydrogens is 514 g/mol. The van der Waals surface area contributed by atoms with E-state index < -0.39 is 5.54 Å². The Hall–Kier alpha value is -3.63. The third-order valence-corrected chi connectivity index (χ3v) is 8.45. The number of aliphatic hydroxyl groups excluding tert-OH is 1. The van der Waals surface area contributed by atoms with Crippen LogP contribution in [0.3, 0.4) is 0 Å². The van der Waals surface area contributed by atoms with Gasteiger partial charge in [-0.3, -0.25) is 9.48 Å². The molecule has 2 aliphatic rings. The molecule has 204 valence electrons. The first-order chi connectivity index (χ1) is 18.8. The van der Waals surface area contributed by atoms with Gasteiger partial charge in [0.05, 0.1) is 36.3 Å². The van der Waals surface area contributed by atoms with Gasteiger partial charge in [-0.15, -0.1) is 0 Å². The van der Waals surface area contributed by atoms with Crippen LogP contribution in [0, 0.1) is 5.92 Å². The van der Waals surface area contributed by atoms with Crippen LogP contribution < -0.4 is 9.47 Å². The van der Waals surface area contributed by atoms with E-state index in [2.05, 4.69) is 18.9 Å². The summed E-state index contributed by atoms with van der Waals surface area (Å²) in [6, 6.07) is 7.84. The van der Waals surface area contributed by atoms with E-state index in [9.17, 15) is 9.90 Å². The molecule has 1 atom stereocenters. The molecule has 0 spiro atoms. The van der Waals surface area contributed by atoms with Crippen molar-refractivity contribution in [3.8, 4) is 39.7 Å². The molecular formula is C29H33N5O4S. The van der Waals surface area contributed by atoms with Gasteiger partial charge < -0.3 is 19.5 Å². The molecule has 1 amide bonds. The molecule has 0 radical (unpaired) electrons. The zero-order valence-corrected chi connectivity index (χ0v) is 23.5. The molecule has 4 aromatic rings. The summed E-state index contributed by atoms with van der Waals surface area (Å²) in [5.41, 5.74) is 4.70. The van der Waals surface area contributed by atoms with Crippen molar-refractivity contribution in [1.29, 1.82) is 0 Å². The van der Waals surface area contributed by atoms with Gasteiger partial charge in [0.25, 0.3) is 5.91 Å². The first-order valence-electron chi connectivity index (χ1n) is 13.3. The number of aliphatic hydroxyl groups is 1. The number of methoxy groups -OCH3 is 1. The fraction of sp³-hybridized carbons (Fsp3) is 0.414. The number of fused-ring (bicyclic) bond motifs is 3. The topological polar surface area (TPSA) is 94.6 Å². The SMILES string of the molecule is COc1cc2c(cc1-c1ccn(C)n1)-c1c(c(C(=O)N3CCCC3(CO)CC(C)C)nn1-c1ccsc1)CO2. The molecule has 9 nitrogen and oxygen atoms in total. The Bertz CT molecular complexity index is 1520. The minimum absolute atomic E-state index is 0.0586. The number of aromatic nitrogens is 4. The van der Waals surface area contributed by atoms with E-state index >= 15 is 0 Å². The second-order valence-electron chi connectivity index (χ2n) is 10.8. The van der Waals surface area contributed by atoms with E-state index in [1.165, 1.54) is 0 Å². The maximum Gasteiger partial charge on any atom is 0.275 e. The van der Waals surface area contributed by atoms with Gasteiger partial charge in [-0.2, -0.15) is 21.5 Å². The van der Waals surface area contributed by atoms with Gasteiger partial charge in [-0.25, -0.2) is 4.68 Å². The maximum atomic E-state index is 14.2. The van der Waals surface area contributed by atoms with Gasteiger partial charge in [0, 0.05) is 47.9 Å². The highest BCUT2D eigenvalue weighted by Gasteiger charge is 2.45. The monoisotopic (exact) mass is 547 g/mol. The molecule has 10 heteroatoms.